The van der Waals surface area contributed by atoms with Crippen molar-refractivity contribution in [2.45, 2.75) is 39.4 Å². The van der Waals surface area contributed by atoms with E-state index in [0.29, 0.717) is 12.8 Å². The fourth-order valence-electron chi connectivity index (χ4n) is 1.32. The largest absolute Gasteiger partial charge is 0.452 e. The smallest absolute Gasteiger partial charge is 0.385 e. The van der Waals surface area contributed by atoms with Gasteiger partial charge in [-0.1, -0.05) is 13.5 Å². The second-order valence-electron chi connectivity index (χ2n) is 4.11. The summed E-state index contributed by atoms with van der Waals surface area (Å²) in [5, 5.41) is 9.76. The number of rotatable bonds is 4. The van der Waals surface area contributed by atoms with Crippen LogP contribution >= 0.6 is 0 Å². The van der Waals surface area contributed by atoms with Gasteiger partial charge >= 0.3 is 11.9 Å². The van der Waals surface area contributed by atoms with Crippen LogP contribution in [0.2, 0.25) is 0 Å². The Morgan fingerprint density at radius 1 is 1.33 bits per heavy atom. The highest BCUT2D eigenvalue weighted by Gasteiger charge is 2.53. The second kappa shape index (κ2) is 5.22. The van der Waals surface area contributed by atoms with E-state index in [-0.39, 0.29) is 16.9 Å². The fourth-order valence-corrected chi connectivity index (χ4v) is 1.32. The molecular formula is C12H16O6. The summed E-state index contributed by atoms with van der Waals surface area (Å²) in [4.78, 5) is 31.0. The van der Waals surface area contributed by atoms with Gasteiger partial charge in [-0.05, 0) is 20.3 Å². The Bertz CT molecular complexity index is 422. The third-order valence-electron chi connectivity index (χ3n) is 2.36. The number of aliphatic hydroxyl groups is 1. The van der Waals surface area contributed by atoms with Gasteiger partial charge in [0.25, 0.3) is 5.79 Å². The minimum absolute atomic E-state index is 0.0699. The van der Waals surface area contributed by atoms with Crippen molar-refractivity contribution in [3.63, 3.8) is 0 Å². The van der Waals surface area contributed by atoms with Gasteiger partial charge in [0.05, 0.1) is 5.57 Å². The second-order valence-corrected chi connectivity index (χ2v) is 4.11. The molecule has 6 heteroatoms. The van der Waals surface area contributed by atoms with Crippen molar-refractivity contribution in [1.29, 1.82) is 0 Å². The molecule has 18 heavy (non-hydrogen) atoms. The zero-order valence-electron chi connectivity index (χ0n) is 10.6. The minimum Gasteiger partial charge on any atom is -0.452 e. The third-order valence-corrected chi connectivity index (χ3v) is 2.36. The Balaban J connectivity index is 2.56. The van der Waals surface area contributed by atoms with Crippen LogP contribution in [0.1, 0.15) is 33.6 Å². The molecule has 1 saturated heterocycles. The van der Waals surface area contributed by atoms with E-state index in [0.717, 1.165) is 0 Å². The summed E-state index contributed by atoms with van der Waals surface area (Å²) in [7, 11) is 0. The van der Waals surface area contributed by atoms with Gasteiger partial charge in [-0.15, -0.1) is 0 Å². The maximum Gasteiger partial charge on any atom is 0.385 e. The third kappa shape index (κ3) is 3.10. The molecular weight excluding hydrogens is 240 g/mol. The molecule has 1 fully saturated rings. The first kappa shape index (κ1) is 14.2. The van der Waals surface area contributed by atoms with E-state index in [1.165, 1.54) is 13.8 Å². The van der Waals surface area contributed by atoms with E-state index in [4.69, 9.17) is 4.74 Å². The molecule has 0 aromatic heterocycles. The van der Waals surface area contributed by atoms with E-state index >= 15 is 0 Å². The van der Waals surface area contributed by atoms with Crippen LogP contribution in [-0.4, -0.2) is 22.8 Å². The molecule has 0 radical (unpaired) electrons. The standard InChI is InChI=1S/C12H16O6/c1-5-6-12(15)9(16-12)8(4)11(14)18-17-10(13)7(2)3/h15H,2,5-6H2,1,3-4H3/b9-8-. The zero-order chi connectivity index (χ0) is 13.9. The lowest BCUT2D eigenvalue weighted by molar-refractivity contribution is -0.252. The highest BCUT2D eigenvalue weighted by atomic mass is 17.2. The summed E-state index contributed by atoms with van der Waals surface area (Å²) in [5.41, 5.74) is 0.179. The molecule has 100 valence electrons. The maximum atomic E-state index is 11.5. The van der Waals surface area contributed by atoms with Crippen molar-refractivity contribution in [3.8, 4) is 0 Å². The number of carbonyl (C=O) groups excluding carboxylic acids is 2. The van der Waals surface area contributed by atoms with Crippen molar-refractivity contribution in [2.75, 3.05) is 0 Å². The van der Waals surface area contributed by atoms with E-state index in [9.17, 15) is 14.7 Å². The molecule has 0 aromatic carbocycles. The molecule has 0 spiro atoms. The number of epoxide rings is 1. The number of hydrogen-bond acceptors (Lipinski definition) is 6. The average Bonchev–Trinajstić information content (AvgIpc) is 2.96. The highest BCUT2D eigenvalue weighted by Crippen LogP contribution is 2.44. The van der Waals surface area contributed by atoms with Gasteiger partial charge in [-0.2, -0.15) is 0 Å². The summed E-state index contributed by atoms with van der Waals surface area (Å²) in [6.07, 6.45) is 1.09. The number of hydrogen-bond donors (Lipinski definition) is 1. The van der Waals surface area contributed by atoms with E-state index in [2.05, 4.69) is 16.4 Å². The number of ether oxygens (including phenoxy) is 1. The first-order valence-electron chi connectivity index (χ1n) is 5.53. The van der Waals surface area contributed by atoms with Gasteiger partial charge in [0.1, 0.15) is 0 Å². The fraction of sp³-hybridized carbons (Fsp3) is 0.500. The van der Waals surface area contributed by atoms with Gasteiger partial charge in [0.2, 0.25) is 0 Å². The SMILES string of the molecule is C=C(C)C(=O)OOC(=O)/C(C)=C1\OC1(O)CCC. The van der Waals surface area contributed by atoms with Crippen LogP contribution in [-0.2, 0) is 24.1 Å². The molecule has 1 N–H and O–H groups in total. The van der Waals surface area contributed by atoms with Crippen LogP contribution in [0.3, 0.4) is 0 Å². The quantitative estimate of drug-likeness (QED) is 0.354. The Labute approximate surface area is 105 Å². The van der Waals surface area contributed by atoms with Gasteiger partial charge in [0.15, 0.2) is 5.76 Å². The molecule has 0 aliphatic carbocycles. The zero-order valence-corrected chi connectivity index (χ0v) is 10.6. The summed E-state index contributed by atoms with van der Waals surface area (Å²) in [6.45, 7) is 8.04. The molecule has 0 saturated carbocycles. The predicted octanol–water partition coefficient (Wildman–Crippen LogP) is 1.36. The molecule has 0 aromatic rings. The van der Waals surface area contributed by atoms with Crippen molar-refractivity contribution >= 4 is 11.9 Å². The topological polar surface area (TPSA) is 85.4 Å². The lowest BCUT2D eigenvalue weighted by atomic mass is 10.1. The molecule has 1 unspecified atom stereocenters. The van der Waals surface area contributed by atoms with E-state index < -0.39 is 17.7 Å². The van der Waals surface area contributed by atoms with Gasteiger partial charge in [0, 0.05) is 12.0 Å². The Kier molecular flexibility index (Phi) is 4.13. The van der Waals surface area contributed by atoms with Crippen molar-refractivity contribution < 1.29 is 29.2 Å². The molecule has 1 rings (SSSR count). The summed E-state index contributed by atoms with van der Waals surface area (Å²) >= 11 is 0. The summed E-state index contributed by atoms with van der Waals surface area (Å²) in [6, 6.07) is 0. The van der Waals surface area contributed by atoms with Crippen molar-refractivity contribution in [1.82, 2.24) is 0 Å². The van der Waals surface area contributed by atoms with Gasteiger partial charge in [-0.3, -0.25) is 0 Å². The van der Waals surface area contributed by atoms with Crippen LogP contribution < -0.4 is 0 Å². The molecule has 1 aliphatic heterocycles. The lowest BCUT2D eigenvalue weighted by Gasteiger charge is -2.01. The summed E-state index contributed by atoms with van der Waals surface area (Å²) in [5.74, 6) is -2.94. The van der Waals surface area contributed by atoms with Crippen LogP contribution in [0.25, 0.3) is 0 Å². The van der Waals surface area contributed by atoms with Crippen LogP contribution in [0.15, 0.2) is 23.5 Å². The normalized spacial score (nSPS) is 23.8. The van der Waals surface area contributed by atoms with E-state index in [1.807, 2.05) is 6.92 Å². The maximum absolute atomic E-state index is 11.5. The van der Waals surface area contributed by atoms with Gasteiger partial charge < -0.3 is 9.84 Å². The number of carbonyl (C=O) groups is 2. The van der Waals surface area contributed by atoms with E-state index in [1.54, 1.807) is 0 Å². The molecule has 1 aliphatic rings. The Morgan fingerprint density at radius 2 is 1.89 bits per heavy atom. The van der Waals surface area contributed by atoms with Crippen LogP contribution in [0.5, 0.6) is 0 Å². The monoisotopic (exact) mass is 256 g/mol. The lowest BCUT2D eigenvalue weighted by Crippen LogP contribution is -2.14. The molecule has 0 amide bonds. The molecule has 1 atom stereocenters. The summed E-state index contributed by atoms with van der Waals surface area (Å²) < 4.78 is 4.96. The first-order chi connectivity index (χ1) is 8.31. The average molecular weight is 256 g/mol. The molecule has 6 nitrogen and oxygen atoms in total. The Hall–Kier alpha value is -1.82. The van der Waals surface area contributed by atoms with Crippen molar-refractivity contribution in [3.05, 3.63) is 23.5 Å². The van der Waals surface area contributed by atoms with Crippen LogP contribution in [0, 0.1) is 0 Å². The van der Waals surface area contributed by atoms with Gasteiger partial charge in [-0.25, -0.2) is 19.4 Å². The minimum atomic E-state index is -1.38. The highest BCUT2D eigenvalue weighted by molar-refractivity contribution is 5.91. The Morgan fingerprint density at radius 3 is 2.39 bits per heavy atom. The first-order valence-corrected chi connectivity index (χ1v) is 5.53. The van der Waals surface area contributed by atoms with Crippen molar-refractivity contribution in [2.24, 2.45) is 0 Å². The van der Waals surface area contributed by atoms with Crippen LogP contribution in [0.4, 0.5) is 0 Å². The molecule has 0 bridgehead atoms. The molecule has 1 heterocycles. The predicted molar refractivity (Wildman–Crippen MR) is 60.6 cm³/mol.